The van der Waals surface area contributed by atoms with E-state index in [1.807, 2.05) is 53.7 Å². The number of fused-ring (bicyclic) bond motifs is 1. The van der Waals surface area contributed by atoms with Gasteiger partial charge in [-0.2, -0.15) is 0 Å². The van der Waals surface area contributed by atoms with Gasteiger partial charge >= 0.3 is 0 Å². The summed E-state index contributed by atoms with van der Waals surface area (Å²) in [7, 11) is 1.58. The first-order valence-electron chi connectivity index (χ1n) is 11.1. The minimum atomic E-state index is -0.737. The van der Waals surface area contributed by atoms with Gasteiger partial charge in [0.15, 0.2) is 0 Å². The van der Waals surface area contributed by atoms with Crippen LogP contribution >= 0.6 is 0 Å². The van der Waals surface area contributed by atoms with Crippen LogP contribution in [0, 0.1) is 29.6 Å². The first-order chi connectivity index (χ1) is 14.0. The predicted molar refractivity (Wildman–Crippen MR) is 116 cm³/mol. The number of nitrogens with one attached hydrogen (secondary N) is 2. The first-order valence-corrected chi connectivity index (χ1v) is 11.1. The molecule has 0 saturated carbocycles. The Morgan fingerprint density at radius 1 is 1.20 bits per heavy atom. The van der Waals surface area contributed by atoms with E-state index in [2.05, 4.69) is 10.6 Å². The Morgan fingerprint density at radius 2 is 1.83 bits per heavy atom. The molecule has 0 unspecified atom stereocenters. The molecule has 3 amide bonds. The number of likely N-dealkylation sites (tertiary alicyclic amines) is 1. The highest BCUT2D eigenvalue weighted by Gasteiger charge is 2.58. The summed E-state index contributed by atoms with van der Waals surface area (Å²) >= 11 is 0. The Kier molecular flexibility index (Phi) is 7.72. The SMILES string of the molecule is CC[C@@H]1C=C[C@H]2[C@@H](C(=O)N([C@@H](CO)CC(C)C)[C@@H]2C(=O)NC(C)(C)C)[C@@H]1C(=O)NC. The van der Waals surface area contributed by atoms with Crippen molar-refractivity contribution < 1.29 is 19.5 Å². The van der Waals surface area contributed by atoms with Gasteiger partial charge in [-0.1, -0.05) is 32.9 Å². The van der Waals surface area contributed by atoms with E-state index in [1.54, 1.807) is 11.9 Å². The Balaban J connectivity index is 2.55. The molecule has 0 spiro atoms. The fourth-order valence-corrected chi connectivity index (χ4v) is 5.02. The molecule has 0 radical (unpaired) electrons. The average molecular weight is 422 g/mol. The van der Waals surface area contributed by atoms with Crippen LogP contribution in [0.5, 0.6) is 0 Å². The van der Waals surface area contributed by atoms with E-state index < -0.39 is 35.4 Å². The molecule has 0 aromatic rings. The van der Waals surface area contributed by atoms with Crippen LogP contribution in [0.4, 0.5) is 0 Å². The maximum Gasteiger partial charge on any atom is 0.243 e. The van der Waals surface area contributed by atoms with Crippen molar-refractivity contribution in [1.82, 2.24) is 15.5 Å². The zero-order valence-electron chi connectivity index (χ0n) is 19.4. The molecule has 1 fully saturated rings. The van der Waals surface area contributed by atoms with E-state index in [-0.39, 0.29) is 36.2 Å². The number of rotatable bonds is 7. The standard InChI is InChI=1S/C23H39N3O4/c1-8-14-9-10-16-18(17(14)20(28)24-7)22(30)26(15(12-27)11-13(2)3)19(16)21(29)25-23(4,5)6/h9-10,13-19,27H,8,11-12H2,1-7H3,(H,24,28)(H,25,29)/t14-,15-,16+,17-,18-,19+/m1/s1. The molecule has 3 N–H and O–H groups in total. The van der Waals surface area contributed by atoms with Gasteiger partial charge in [-0.3, -0.25) is 14.4 Å². The monoisotopic (exact) mass is 421 g/mol. The lowest BCUT2D eigenvalue weighted by atomic mass is 9.68. The van der Waals surface area contributed by atoms with E-state index in [0.717, 1.165) is 6.42 Å². The summed E-state index contributed by atoms with van der Waals surface area (Å²) in [5, 5.41) is 15.8. The van der Waals surface area contributed by atoms with Crippen LogP contribution in [0.2, 0.25) is 0 Å². The van der Waals surface area contributed by atoms with E-state index >= 15 is 0 Å². The van der Waals surface area contributed by atoms with Crippen molar-refractivity contribution in [2.75, 3.05) is 13.7 Å². The molecule has 0 aromatic carbocycles. The van der Waals surface area contributed by atoms with Crippen molar-refractivity contribution in [1.29, 1.82) is 0 Å². The first kappa shape index (κ1) is 24.4. The third kappa shape index (κ3) is 4.88. The van der Waals surface area contributed by atoms with Crippen molar-refractivity contribution >= 4 is 17.7 Å². The van der Waals surface area contributed by atoms with Gasteiger partial charge in [0.1, 0.15) is 6.04 Å². The van der Waals surface area contributed by atoms with Crippen molar-refractivity contribution in [3.8, 4) is 0 Å². The molecular formula is C23H39N3O4. The Labute approximate surface area is 180 Å². The van der Waals surface area contributed by atoms with E-state index in [4.69, 9.17) is 0 Å². The molecular weight excluding hydrogens is 382 g/mol. The predicted octanol–water partition coefficient (Wildman–Crippen LogP) is 1.71. The molecule has 7 heteroatoms. The highest BCUT2D eigenvalue weighted by molar-refractivity contribution is 5.97. The van der Waals surface area contributed by atoms with Gasteiger partial charge in [-0.15, -0.1) is 0 Å². The molecule has 1 aliphatic heterocycles. The highest BCUT2D eigenvalue weighted by Crippen LogP contribution is 2.46. The van der Waals surface area contributed by atoms with Gasteiger partial charge in [-0.25, -0.2) is 0 Å². The quantitative estimate of drug-likeness (QED) is 0.545. The molecule has 1 heterocycles. The lowest BCUT2D eigenvalue weighted by Gasteiger charge is -2.36. The third-order valence-electron chi connectivity index (χ3n) is 6.18. The summed E-state index contributed by atoms with van der Waals surface area (Å²) in [6.07, 6.45) is 5.27. The van der Waals surface area contributed by atoms with Gasteiger partial charge < -0.3 is 20.6 Å². The van der Waals surface area contributed by atoms with E-state index in [1.165, 1.54) is 0 Å². The third-order valence-corrected chi connectivity index (χ3v) is 6.18. The number of carbonyl (C=O) groups excluding carboxylic acids is 3. The number of amides is 3. The number of hydrogen-bond acceptors (Lipinski definition) is 4. The van der Waals surface area contributed by atoms with Crippen LogP contribution in [0.25, 0.3) is 0 Å². The second kappa shape index (κ2) is 9.50. The summed E-state index contributed by atoms with van der Waals surface area (Å²) in [6.45, 7) is 11.5. The molecule has 30 heavy (non-hydrogen) atoms. The van der Waals surface area contributed by atoms with Crippen LogP contribution in [-0.4, -0.2) is 59.0 Å². The normalized spacial score (nSPS) is 29.7. The molecule has 1 saturated heterocycles. The van der Waals surface area contributed by atoms with Crippen molar-refractivity contribution in [2.24, 2.45) is 29.6 Å². The number of hydrogen-bond donors (Lipinski definition) is 3. The van der Waals surface area contributed by atoms with E-state index in [9.17, 15) is 19.5 Å². The molecule has 2 aliphatic rings. The Bertz CT molecular complexity index is 682. The molecule has 6 atom stereocenters. The maximum absolute atomic E-state index is 13.7. The highest BCUT2D eigenvalue weighted by atomic mass is 16.3. The minimum absolute atomic E-state index is 0.0564. The second-order valence-electron chi connectivity index (χ2n) is 10.1. The van der Waals surface area contributed by atoms with Crippen molar-refractivity contribution in [3.63, 3.8) is 0 Å². The van der Waals surface area contributed by atoms with Crippen LogP contribution < -0.4 is 10.6 Å². The lowest BCUT2D eigenvalue weighted by molar-refractivity contribution is -0.144. The number of carbonyl (C=O) groups is 3. The second-order valence-corrected chi connectivity index (χ2v) is 10.1. The number of aliphatic hydroxyl groups is 1. The summed E-state index contributed by atoms with van der Waals surface area (Å²) in [4.78, 5) is 41.4. The maximum atomic E-state index is 13.7. The molecule has 170 valence electrons. The molecule has 0 aromatic heterocycles. The Morgan fingerprint density at radius 3 is 2.30 bits per heavy atom. The summed E-state index contributed by atoms with van der Waals surface area (Å²) in [6, 6.07) is -1.20. The zero-order valence-corrected chi connectivity index (χ0v) is 19.4. The average Bonchev–Trinajstić information content (AvgIpc) is 2.95. The van der Waals surface area contributed by atoms with Gasteiger partial charge in [0.2, 0.25) is 17.7 Å². The largest absolute Gasteiger partial charge is 0.394 e. The van der Waals surface area contributed by atoms with Gasteiger partial charge in [0.25, 0.3) is 0 Å². The van der Waals surface area contributed by atoms with Crippen LogP contribution in [0.3, 0.4) is 0 Å². The molecule has 7 nitrogen and oxygen atoms in total. The summed E-state index contributed by atoms with van der Waals surface area (Å²) < 4.78 is 0. The van der Waals surface area contributed by atoms with Gasteiger partial charge in [-0.05, 0) is 45.4 Å². The minimum Gasteiger partial charge on any atom is -0.394 e. The lowest BCUT2D eigenvalue weighted by Crippen LogP contribution is -2.55. The Hall–Kier alpha value is -1.89. The van der Waals surface area contributed by atoms with Crippen LogP contribution in [-0.2, 0) is 14.4 Å². The van der Waals surface area contributed by atoms with Gasteiger partial charge in [0.05, 0.1) is 24.5 Å². The number of nitrogens with zero attached hydrogens (tertiary/aromatic N) is 1. The number of aliphatic hydroxyl groups excluding tert-OH is 1. The number of allylic oxidation sites excluding steroid dienone is 1. The molecule has 1 aliphatic carbocycles. The topological polar surface area (TPSA) is 98.7 Å². The summed E-state index contributed by atoms with van der Waals surface area (Å²) in [5.74, 6) is -1.93. The smallest absolute Gasteiger partial charge is 0.243 e. The molecule has 2 rings (SSSR count). The fourth-order valence-electron chi connectivity index (χ4n) is 5.02. The fraction of sp³-hybridized carbons (Fsp3) is 0.783. The van der Waals surface area contributed by atoms with Crippen LogP contribution in [0.15, 0.2) is 12.2 Å². The zero-order chi connectivity index (χ0) is 22.8. The molecule has 0 bridgehead atoms. The summed E-state index contributed by atoms with van der Waals surface area (Å²) in [5.41, 5.74) is -0.457. The van der Waals surface area contributed by atoms with Crippen LogP contribution in [0.1, 0.15) is 54.4 Å². The van der Waals surface area contributed by atoms with Crippen molar-refractivity contribution in [3.05, 3.63) is 12.2 Å². The van der Waals surface area contributed by atoms with Crippen molar-refractivity contribution in [2.45, 2.75) is 72.0 Å². The van der Waals surface area contributed by atoms with E-state index in [0.29, 0.717) is 6.42 Å². The van der Waals surface area contributed by atoms with Gasteiger partial charge in [0, 0.05) is 18.5 Å².